The van der Waals surface area contributed by atoms with Crippen LogP contribution in [-0.4, -0.2) is 10.1 Å². The fourth-order valence-electron chi connectivity index (χ4n) is 2.13. The molecule has 2 heterocycles. The Balaban J connectivity index is 1.98. The van der Waals surface area contributed by atoms with Crippen LogP contribution in [0.3, 0.4) is 0 Å². The molecule has 104 valence electrons. The van der Waals surface area contributed by atoms with Crippen LogP contribution in [0, 0.1) is 5.92 Å². The van der Waals surface area contributed by atoms with Gasteiger partial charge in [-0.3, -0.25) is 0 Å². The lowest BCUT2D eigenvalue weighted by atomic mass is 10.0. The summed E-state index contributed by atoms with van der Waals surface area (Å²) in [5.74, 6) is 1.28. The van der Waals surface area contributed by atoms with Crippen LogP contribution in [0.5, 0.6) is 0 Å². The van der Waals surface area contributed by atoms with Gasteiger partial charge in [0.05, 0.1) is 11.6 Å². The number of rotatable bonds is 4. The van der Waals surface area contributed by atoms with E-state index in [9.17, 15) is 0 Å². The maximum absolute atomic E-state index is 6.11. The Morgan fingerprint density at radius 1 is 1.30 bits per heavy atom. The van der Waals surface area contributed by atoms with Gasteiger partial charge in [0.15, 0.2) is 0 Å². The smallest absolute Gasteiger partial charge is 0.244 e. The van der Waals surface area contributed by atoms with Crippen LogP contribution in [-0.2, 0) is 0 Å². The summed E-state index contributed by atoms with van der Waals surface area (Å²) < 4.78 is 10.8. The molecule has 0 aliphatic carbocycles. The van der Waals surface area contributed by atoms with Gasteiger partial charge in [-0.25, -0.2) is 0 Å². The van der Waals surface area contributed by atoms with E-state index in [4.69, 9.17) is 14.7 Å². The number of hydrogen-bond donors (Lipinski definition) is 1. The summed E-state index contributed by atoms with van der Waals surface area (Å²) in [6.45, 7) is 4.16. The molecule has 0 amide bonds. The molecular weight excluding hydrogens is 254 g/mol. The number of nitrogens with two attached hydrogens (primary N) is 1. The first-order valence-electron chi connectivity index (χ1n) is 6.76. The second-order valence-electron chi connectivity index (χ2n) is 5.01. The summed E-state index contributed by atoms with van der Waals surface area (Å²) in [7, 11) is 0. The SMILES string of the molecule is CC[C@H](C)[C@H](N)c1nc(-c2coc3ccccc23)no1. The molecule has 0 unspecified atom stereocenters. The summed E-state index contributed by atoms with van der Waals surface area (Å²) in [6.07, 6.45) is 2.61. The highest BCUT2D eigenvalue weighted by Crippen LogP contribution is 2.30. The van der Waals surface area contributed by atoms with Gasteiger partial charge in [0.1, 0.15) is 11.8 Å². The number of nitrogens with zero attached hydrogens (tertiary/aromatic N) is 2. The first-order chi connectivity index (χ1) is 9.70. The molecule has 1 aromatic carbocycles. The Labute approximate surface area is 116 Å². The monoisotopic (exact) mass is 271 g/mol. The van der Waals surface area contributed by atoms with Crippen molar-refractivity contribution in [1.29, 1.82) is 0 Å². The molecule has 20 heavy (non-hydrogen) atoms. The second-order valence-corrected chi connectivity index (χ2v) is 5.01. The first-order valence-corrected chi connectivity index (χ1v) is 6.76. The van der Waals surface area contributed by atoms with E-state index in [0.717, 1.165) is 23.0 Å². The Kier molecular flexibility index (Phi) is 3.28. The van der Waals surface area contributed by atoms with Crippen LogP contribution in [0.4, 0.5) is 0 Å². The van der Waals surface area contributed by atoms with Gasteiger partial charge in [0.25, 0.3) is 0 Å². The normalized spacial score (nSPS) is 14.6. The van der Waals surface area contributed by atoms with Crippen molar-refractivity contribution in [3.8, 4) is 11.4 Å². The van der Waals surface area contributed by atoms with Crippen LogP contribution >= 0.6 is 0 Å². The lowest BCUT2D eigenvalue weighted by molar-refractivity contribution is 0.312. The number of hydrogen-bond acceptors (Lipinski definition) is 5. The van der Waals surface area contributed by atoms with Crippen LogP contribution in [0.25, 0.3) is 22.4 Å². The van der Waals surface area contributed by atoms with Crippen molar-refractivity contribution < 1.29 is 8.94 Å². The molecule has 3 rings (SSSR count). The van der Waals surface area contributed by atoms with Gasteiger partial charge in [-0.15, -0.1) is 0 Å². The standard InChI is InChI=1S/C15H17N3O2/c1-3-9(2)13(16)15-17-14(18-20-15)11-8-19-12-7-5-4-6-10(11)12/h4-9,13H,3,16H2,1-2H3/t9-,13-/m0/s1. The van der Waals surface area contributed by atoms with Gasteiger partial charge in [0, 0.05) is 5.39 Å². The van der Waals surface area contributed by atoms with Crippen LogP contribution in [0.1, 0.15) is 32.2 Å². The van der Waals surface area contributed by atoms with Gasteiger partial charge in [-0.1, -0.05) is 43.6 Å². The van der Waals surface area contributed by atoms with E-state index in [-0.39, 0.29) is 6.04 Å². The summed E-state index contributed by atoms with van der Waals surface area (Å²) in [4.78, 5) is 4.41. The van der Waals surface area contributed by atoms with Gasteiger partial charge in [0.2, 0.25) is 11.7 Å². The highest BCUT2D eigenvalue weighted by atomic mass is 16.5. The minimum Gasteiger partial charge on any atom is -0.464 e. The third-order valence-corrected chi connectivity index (χ3v) is 3.71. The minimum atomic E-state index is -0.237. The molecule has 3 aromatic rings. The Hall–Kier alpha value is -2.14. The Bertz CT molecular complexity index is 717. The van der Waals surface area contributed by atoms with E-state index in [1.54, 1.807) is 6.26 Å². The van der Waals surface area contributed by atoms with E-state index >= 15 is 0 Å². The van der Waals surface area contributed by atoms with Gasteiger partial charge in [-0.2, -0.15) is 4.98 Å². The third-order valence-electron chi connectivity index (χ3n) is 3.71. The molecule has 0 radical (unpaired) electrons. The third kappa shape index (κ3) is 2.10. The van der Waals surface area contributed by atoms with E-state index < -0.39 is 0 Å². The lowest BCUT2D eigenvalue weighted by Gasteiger charge is -2.12. The van der Waals surface area contributed by atoms with Gasteiger partial charge in [-0.05, 0) is 12.0 Å². The molecule has 0 aliphatic rings. The zero-order valence-corrected chi connectivity index (χ0v) is 11.5. The van der Waals surface area contributed by atoms with Gasteiger partial charge >= 0.3 is 0 Å². The molecule has 2 atom stereocenters. The average molecular weight is 271 g/mol. The number of benzene rings is 1. The topological polar surface area (TPSA) is 78.1 Å². The van der Waals surface area contributed by atoms with Crippen molar-refractivity contribution in [3.05, 3.63) is 36.4 Å². The van der Waals surface area contributed by atoms with Crippen molar-refractivity contribution >= 4 is 11.0 Å². The molecule has 2 aromatic heterocycles. The van der Waals surface area contributed by atoms with Crippen molar-refractivity contribution in [2.75, 3.05) is 0 Å². The highest BCUT2D eigenvalue weighted by Gasteiger charge is 2.21. The fraction of sp³-hybridized carbons (Fsp3) is 0.333. The molecule has 0 saturated carbocycles. The van der Waals surface area contributed by atoms with Crippen molar-refractivity contribution in [2.24, 2.45) is 11.7 Å². The molecule has 5 nitrogen and oxygen atoms in total. The Morgan fingerprint density at radius 2 is 2.10 bits per heavy atom. The molecule has 0 spiro atoms. The van der Waals surface area contributed by atoms with Crippen LogP contribution < -0.4 is 5.73 Å². The lowest BCUT2D eigenvalue weighted by Crippen LogP contribution is -2.18. The number of aromatic nitrogens is 2. The Morgan fingerprint density at radius 3 is 2.90 bits per heavy atom. The molecule has 0 aliphatic heterocycles. The second kappa shape index (κ2) is 5.09. The predicted molar refractivity (Wildman–Crippen MR) is 75.9 cm³/mol. The van der Waals surface area contributed by atoms with Crippen LogP contribution in [0.2, 0.25) is 0 Å². The predicted octanol–water partition coefficient (Wildman–Crippen LogP) is 3.53. The molecule has 0 fully saturated rings. The van der Waals surface area contributed by atoms with Crippen molar-refractivity contribution in [1.82, 2.24) is 10.1 Å². The largest absolute Gasteiger partial charge is 0.464 e. The molecular formula is C15H17N3O2. The van der Waals surface area contributed by atoms with E-state index in [1.807, 2.05) is 24.3 Å². The quantitative estimate of drug-likeness (QED) is 0.785. The first kappa shape index (κ1) is 12.9. The number of fused-ring (bicyclic) bond motifs is 1. The molecule has 2 N–H and O–H groups in total. The summed E-state index contributed by atoms with van der Waals surface area (Å²) in [5.41, 5.74) is 7.74. The van der Waals surface area contributed by atoms with Crippen molar-refractivity contribution in [2.45, 2.75) is 26.3 Å². The van der Waals surface area contributed by atoms with Crippen molar-refractivity contribution in [3.63, 3.8) is 0 Å². The minimum absolute atomic E-state index is 0.237. The molecule has 0 bridgehead atoms. The van der Waals surface area contributed by atoms with E-state index in [1.165, 1.54) is 0 Å². The zero-order valence-electron chi connectivity index (χ0n) is 11.5. The van der Waals surface area contributed by atoms with E-state index in [0.29, 0.717) is 17.6 Å². The summed E-state index contributed by atoms with van der Waals surface area (Å²) in [5, 5.41) is 4.99. The maximum atomic E-state index is 6.11. The highest BCUT2D eigenvalue weighted by molar-refractivity contribution is 5.91. The molecule has 5 heteroatoms. The fourth-order valence-corrected chi connectivity index (χ4v) is 2.13. The summed E-state index contributed by atoms with van der Waals surface area (Å²) >= 11 is 0. The summed E-state index contributed by atoms with van der Waals surface area (Å²) in [6, 6.07) is 7.52. The average Bonchev–Trinajstić information content (AvgIpc) is 3.11. The maximum Gasteiger partial charge on any atom is 0.244 e. The van der Waals surface area contributed by atoms with E-state index in [2.05, 4.69) is 24.0 Å². The number of furan rings is 1. The molecule has 0 saturated heterocycles. The van der Waals surface area contributed by atoms with Crippen LogP contribution in [0.15, 0.2) is 39.5 Å². The zero-order chi connectivity index (χ0) is 14.1. The van der Waals surface area contributed by atoms with Gasteiger partial charge < -0.3 is 14.7 Å². The number of para-hydroxylation sites is 1.